The van der Waals surface area contributed by atoms with Gasteiger partial charge in [0.15, 0.2) is 16.6 Å². The normalized spacial score (nSPS) is 21.1. The van der Waals surface area contributed by atoms with E-state index in [1.54, 1.807) is 7.11 Å². The Hall–Kier alpha value is -2.65. The van der Waals surface area contributed by atoms with Gasteiger partial charge in [0.05, 0.1) is 17.6 Å². The minimum atomic E-state index is -0.546. The molecule has 1 N–H and O–H groups in total. The molecule has 9 heteroatoms. The number of hydrogen-bond donors (Lipinski definition) is 1. The summed E-state index contributed by atoms with van der Waals surface area (Å²) in [5, 5.41) is 4.40. The predicted molar refractivity (Wildman–Crippen MR) is 135 cm³/mol. The summed E-state index contributed by atoms with van der Waals surface area (Å²) in [6, 6.07) is 13.6. The predicted octanol–water partition coefficient (Wildman–Crippen LogP) is 5.01. The Morgan fingerprint density at radius 1 is 1.26 bits per heavy atom. The van der Waals surface area contributed by atoms with E-state index in [0.29, 0.717) is 10.9 Å². The van der Waals surface area contributed by atoms with Crippen LogP contribution in [0.1, 0.15) is 41.3 Å². The molecule has 3 aliphatic rings. The van der Waals surface area contributed by atoms with Crippen molar-refractivity contribution in [3.8, 4) is 11.5 Å². The van der Waals surface area contributed by atoms with Gasteiger partial charge >= 0.3 is 0 Å². The van der Waals surface area contributed by atoms with Crippen molar-refractivity contribution in [3.63, 3.8) is 0 Å². The van der Waals surface area contributed by atoms with Crippen molar-refractivity contribution >= 4 is 34.0 Å². The molecule has 0 unspecified atom stereocenters. The SMILES string of the molecule is CO[C@@H]1CCN([C@H](c2cnc(NC(=O)C3(c4ccc5c(c4)OCO5)CC3)s2)c2ccccc2Cl)C1. The molecule has 6 rings (SSSR count). The van der Waals surface area contributed by atoms with Gasteiger partial charge in [0, 0.05) is 36.3 Å². The lowest BCUT2D eigenvalue weighted by Gasteiger charge is -2.27. The molecule has 0 radical (unpaired) electrons. The second-order valence-electron chi connectivity index (χ2n) is 9.24. The molecular weight excluding hydrogens is 486 g/mol. The number of methoxy groups -OCH3 is 1. The van der Waals surface area contributed by atoms with Crippen LogP contribution in [0.25, 0.3) is 0 Å². The summed E-state index contributed by atoms with van der Waals surface area (Å²) in [5.74, 6) is 1.38. The second kappa shape index (κ2) is 9.09. The Bertz CT molecular complexity index is 1260. The first kappa shape index (κ1) is 22.8. The van der Waals surface area contributed by atoms with Gasteiger partial charge in [0.1, 0.15) is 0 Å². The molecule has 3 aromatic rings. The van der Waals surface area contributed by atoms with Crippen LogP contribution in [0.15, 0.2) is 48.7 Å². The van der Waals surface area contributed by atoms with E-state index >= 15 is 0 Å². The molecule has 2 aliphatic heterocycles. The number of nitrogens with one attached hydrogen (secondary N) is 1. The number of hydrogen-bond acceptors (Lipinski definition) is 7. The highest BCUT2D eigenvalue weighted by molar-refractivity contribution is 7.15. The van der Waals surface area contributed by atoms with Gasteiger partial charge in [0.2, 0.25) is 12.7 Å². The first-order chi connectivity index (χ1) is 17.1. The van der Waals surface area contributed by atoms with Crippen molar-refractivity contribution in [2.75, 3.05) is 32.3 Å². The summed E-state index contributed by atoms with van der Waals surface area (Å²) >= 11 is 8.12. The fourth-order valence-corrected chi connectivity index (χ4v) is 6.27. The molecule has 2 atom stereocenters. The summed E-state index contributed by atoms with van der Waals surface area (Å²) in [6.07, 6.45) is 4.62. The highest BCUT2D eigenvalue weighted by atomic mass is 35.5. The maximum absolute atomic E-state index is 13.4. The van der Waals surface area contributed by atoms with Crippen LogP contribution in [0.5, 0.6) is 11.5 Å². The zero-order valence-electron chi connectivity index (χ0n) is 19.3. The number of likely N-dealkylation sites (tertiary alicyclic amines) is 1. The number of carbonyl (C=O) groups is 1. The fourth-order valence-electron chi connectivity index (χ4n) is 5.06. The third kappa shape index (κ3) is 4.18. The number of thiazole rings is 1. The molecule has 3 heterocycles. The van der Waals surface area contributed by atoms with E-state index in [4.69, 9.17) is 25.8 Å². The first-order valence-corrected chi connectivity index (χ1v) is 13.0. The Morgan fingerprint density at radius 3 is 2.86 bits per heavy atom. The van der Waals surface area contributed by atoms with E-state index in [1.165, 1.54) is 11.3 Å². The topological polar surface area (TPSA) is 72.9 Å². The zero-order chi connectivity index (χ0) is 24.0. The lowest BCUT2D eigenvalue weighted by Crippen LogP contribution is -2.28. The highest BCUT2D eigenvalue weighted by Gasteiger charge is 2.52. The van der Waals surface area contributed by atoms with E-state index in [-0.39, 0.29) is 24.8 Å². The Balaban J connectivity index is 1.24. The van der Waals surface area contributed by atoms with Gasteiger partial charge < -0.3 is 19.5 Å². The van der Waals surface area contributed by atoms with Gasteiger partial charge in [-0.05, 0) is 48.6 Å². The third-order valence-corrected chi connectivity index (χ3v) is 8.51. The van der Waals surface area contributed by atoms with E-state index in [1.807, 2.05) is 42.6 Å². The van der Waals surface area contributed by atoms with Crippen molar-refractivity contribution in [3.05, 3.63) is 69.7 Å². The molecule has 1 saturated heterocycles. The molecular formula is C26H26ClN3O4S. The fraction of sp³-hybridized carbons (Fsp3) is 0.385. The largest absolute Gasteiger partial charge is 0.454 e. The smallest absolute Gasteiger partial charge is 0.236 e. The lowest BCUT2D eigenvalue weighted by atomic mass is 9.94. The molecule has 35 heavy (non-hydrogen) atoms. The molecule has 0 bridgehead atoms. The zero-order valence-corrected chi connectivity index (χ0v) is 20.9. The van der Waals surface area contributed by atoms with Gasteiger partial charge in [-0.25, -0.2) is 4.98 Å². The lowest BCUT2D eigenvalue weighted by molar-refractivity contribution is -0.118. The summed E-state index contributed by atoms with van der Waals surface area (Å²) in [5.41, 5.74) is 1.44. The number of anilines is 1. The molecule has 2 aromatic carbocycles. The van der Waals surface area contributed by atoms with Crippen molar-refractivity contribution in [1.82, 2.24) is 9.88 Å². The number of amides is 1. The Labute approximate surface area is 213 Å². The molecule has 0 spiro atoms. The maximum atomic E-state index is 13.4. The van der Waals surface area contributed by atoms with Crippen LogP contribution in [-0.4, -0.2) is 48.9 Å². The molecule has 182 valence electrons. The Morgan fingerprint density at radius 2 is 2.09 bits per heavy atom. The van der Waals surface area contributed by atoms with E-state index in [0.717, 1.165) is 59.1 Å². The summed E-state index contributed by atoms with van der Waals surface area (Å²) in [6.45, 7) is 1.94. The summed E-state index contributed by atoms with van der Waals surface area (Å²) < 4.78 is 16.5. The van der Waals surface area contributed by atoms with Crippen molar-refractivity contribution in [2.45, 2.75) is 36.8 Å². The number of rotatable bonds is 7. The van der Waals surface area contributed by atoms with Crippen LogP contribution >= 0.6 is 22.9 Å². The second-order valence-corrected chi connectivity index (χ2v) is 10.7. The number of benzene rings is 2. The number of ether oxygens (including phenoxy) is 3. The first-order valence-electron chi connectivity index (χ1n) is 11.8. The van der Waals surface area contributed by atoms with Crippen LogP contribution in [0.3, 0.4) is 0 Å². The van der Waals surface area contributed by atoms with Gasteiger partial charge in [0.25, 0.3) is 0 Å². The van der Waals surface area contributed by atoms with E-state index < -0.39 is 5.41 Å². The number of carbonyl (C=O) groups excluding carboxylic acids is 1. The molecule has 1 saturated carbocycles. The van der Waals surface area contributed by atoms with Crippen LogP contribution in [-0.2, 0) is 14.9 Å². The molecule has 1 aromatic heterocycles. The monoisotopic (exact) mass is 511 g/mol. The summed E-state index contributed by atoms with van der Waals surface area (Å²) in [4.78, 5) is 21.4. The van der Waals surface area contributed by atoms with Gasteiger partial charge in [-0.3, -0.25) is 9.69 Å². The quantitative estimate of drug-likeness (QED) is 0.481. The van der Waals surface area contributed by atoms with Gasteiger partial charge in [-0.15, -0.1) is 0 Å². The van der Waals surface area contributed by atoms with Gasteiger partial charge in [-0.2, -0.15) is 0 Å². The number of halogens is 1. The average molecular weight is 512 g/mol. The molecule has 1 aliphatic carbocycles. The van der Waals surface area contributed by atoms with Crippen molar-refractivity contribution in [1.29, 1.82) is 0 Å². The molecule has 1 amide bonds. The standard InChI is InChI=1S/C26H26ClN3O4S/c1-32-17-8-11-30(14-17)23(18-4-2-3-5-19(18)27)22-13-28-25(35-22)29-24(31)26(9-10-26)16-6-7-20-21(12-16)34-15-33-20/h2-7,12-13,17,23H,8-11,14-15H2,1H3,(H,28,29,31)/t17-,23+/m1/s1. The summed E-state index contributed by atoms with van der Waals surface area (Å²) in [7, 11) is 1.76. The minimum absolute atomic E-state index is 0.0350. The van der Waals surface area contributed by atoms with Crippen LogP contribution in [0.4, 0.5) is 5.13 Å². The Kier molecular flexibility index (Phi) is 5.92. The highest BCUT2D eigenvalue weighted by Crippen LogP contribution is 2.51. The molecule has 2 fully saturated rings. The van der Waals surface area contributed by atoms with Crippen LogP contribution in [0.2, 0.25) is 5.02 Å². The average Bonchev–Trinajstić information content (AvgIpc) is 3.20. The molecule has 7 nitrogen and oxygen atoms in total. The number of aromatic nitrogens is 1. The van der Waals surface area contributed by atoms with Crippen molar-refractivity contribution in [2.24, 2.45) is 0 Å². The van der Waals surface area contributed by atoms with Gasteiger partial charge in [-0.1, -0.05) is 47.2 Å². The number of nitrogens with zero attached hydrogens (tertiary/aromatic N) is 2. The van der Waals surface area contributed by atoms with Crippen molar-refractivity contribution < 1.29 is 19.0 Å². The van der Waals surface area contributed by atoms with E-state index in [2.05, 4.69) is 21.3 Å². The number of fused-ring (bicyclic) bond motifs is 1. The van der Waals surface area contributed by atoms with Crippen LogP contribution in [0, 0.1) is 0 Å². The van der Waals surface area contributed by atoms with Crippen LogP contribution < -0.4 is 14.8 Å². The maximum Gasteiger partial charge on any atom is 0.236 e. The third-order valence-electron chi connectivity index (χ3n) is 7.20. The van der Waals surface area contributed by atoms with E-state index in [9.17, 15) is 4.79 Å². The minimum Gasteiger partial charge on any atom is -0.454 e.